The lowest BCUT2D eigenvalue weighted by Gasteiger charge is -2.45. The van der Waals surface area contributed by atoms with Gasteiger partial charge in [-0.1, -0.05) is 13.8 Å². The zero-order valence-electron chi connectivity index (χ0n) is 11.1. The zero-order chi connectivity index (χ0) is 12.8. The molecule has 0 aromatic heterocycles. The van der Waals surface area contributed by atoms with E-state index in [0.717, 1.165) is 19.3 Å². The van der Waals surface area contributed by atoms with Crippen LogP contribution in [0.25, 0.3) is 0 Å². The summed E-state index contributed by atoms with van der Waals surface area (Å²) in [5, 5.41) is 2.91. The van der Waals surface area contributed by atoms with Gasteiger partial charge in [0.25, 0.3) is 0 Å². The van der Waals surface area contributed by atoms with Crippen molar-refractivity contribution in [3.63, 3.8) is 0 Å². The summed E-state index contributed by atoms with van der Waals surface area (Å²) in [6, 6.07) is -0.334. The third-order valence-corrected chi connectivity index (χ3v) is 4.17. The Labute approximate surface area is 103 Å². The van der Waals surface area contributed by atoms with E-state index in [0.29, 0.717) is 11.8 Å². The maximum absolute atomic E-state index is 12.3. The van der Waals surface area contributed by atoms with Gasteiger partial charge in [0.1, 0.15) is 11.6 Å². The minimum absolute atomic E-state index is 0.0211. The maximum atomic E-state index is 12.3. The first-order chi connectivity index (χ1) is 7.87. The topological polar surface area (TPSA) is 49.4 Å². The average Bonchev–Trinajstić information content (AvgIpc) is 3.06. The van der Waals surface area contributed by atoms with Gasteiger partial charge in [-0.15, -0.1) is 0 Å². The molecule has 2 aliphatic rings. The van der Waals surface area contributed by atoms with Crippen molar-refractivity contribution in [3.8, 4) is 0 Å². The van der Waals surface area contributed by atoms with Crippen molar-refractivity contribution in [2.24, 2.45) is 11.8 Å². The Balaban J connectivity index is 2.18. The smallest absolute Gasteiger partial charge is 0.246 e. The largest absolute Gasteiger partial charge is 0.342 e. The van der Waals surface area contributed by atoms with Crippen molar-refractivity contribution in [2.75, 3.05) is 7.05 Å². The van der Waals surface area contributed by atoms with Crippen molar-refractivity contribution in [2.45, 2.75) is 51.6 Å². The van der Waals surface area contributed by atoms with Crippen LogP contribution in [0.5, 0.6) is 0 Å². The van der Waals surface area contributed by atoms with Gasteiger partial charge in [-0.25, -0.2) is 0 Å². The molecular formula is C13H22N2O2. The van der Waals surface area contributed by atoms with Crippen LogP contribution in [0.4, 0.5) is 0 Å². The molecule has 17 heavy (non-hydrogen) atoms. The van der Waals surface area contributed by atoms with Gasteiger partial charge in [-0.2, -0.15) is 0 Å². The van der Waals surface area contributed by atoms with Crippen molar-refractivity contribution in [1.82, 2.24) is 10.2 Å². The summed E-state index contributed by atoms with van der Waals surface area (Å²) in [6.45, 7) is 6.02. The Morgan fingerprint density at radius 1 is 1.41 bits per heavy atom. The monoisotopic (exact) mass is 238 g/mol. The minimum Gasteiger partial charge on any atom is -0.342 e. The number of likely N-dealkylation sites (N-methyl/N-ethyl adjacent to an activating group) is 1. The van der Waals surface area contributed by atoms with Crippen molar-refractivity contribution < 1.29 is 9.59 Å². The molecule has 2 unspecified atom stereocenters. The molecule has 0 radical (unpaired) electrons. The Morgan fingerprint density at radius 3 is 2.47 bits per heavy atom. The lowest BCUT2D eigenvalue weighted by atomic mass is 9.87. The van der Waals surface area contributed by atoms with Gasteiger partial charge in [0.2, 0.25) is 11.8 Å². The molecule has 2 amide bonds. The maximum Gasteiger partial charge on any atom is 0.246 e. The summed E-state index contributed by atoms with van der Waals surface area (Å²) >= 11 is 0. The van der Waals surface area contributed by atoms with E-state index in [1.54, 1.807) is 11.9 Å². The highest BCUT2D eigenvalue weighted by Gasteiger charge is 2.55. The molecule has 0 bridgehead atoms. The molecule has 2 rings (SSSR count). The first-order valence-electron chi connectivity index (χ1n) is 6.46. The molecule has 1 N–H and O–H groups in total. The standard InChI is InChI=1S/C13H22N2O2/c1-8(2)7-10-11(16)15(4)13(3,9-5-6-9)12(17)14-10/h8-10H,5-7H2,1-4H3,(H,14,17). The quantitative estimate of drug-likeness (QED) is 0.802. The number of piperazine rings is 1. The van der Waals surface area contributed by atoms with Crippen LogP contribution in [-0.4, -0.2) is 35.3 Å². The van der Waals surface area contributed by atoms with Crippen LogP contribution in [0.1, 0.15) is 40.0 Å². The average molecular weight is 238 g/mol. The van der Waals surface area contributed by atoms with Gasteiger partial charge in [-0.05, 0) is 38.0 Å². The molecule has 2 atom stereocenters. The molecule has 0 aromatic carbocycles. The predicted octanol–water partition coefficient (Wildman–Crippen LogP) is 1.16. The van der Waals surface area contributed by atoms with E-state index in [2.05, 4.69) is 19.2 Å². The summed E-state index contributed by atoms with van der Waals surface area (Å²) in [5.74, 6) is 0.833. The van der Waals surface area contributed by atoms with Crippen LogP contribution in [0.3, 0.4) is 0 Å². The Bertz CT molecular complexity index is 349. The fourth-order valence-electron chi connectivity index (χ4n) is 2.72. The molecule has 1 aliphatic heterocycles. The first kappa shape index (κ1) is 12.4. The molecule has 2 fully saturated rings. The van der Waals surface area contributed by atoms with Crippen molar-refractivity contribution in [1.29, 1.82) is 0 Å². The van der Waals surface area contributed by atoms with Crippen LogP contribution in [0, 0.1) is 11.8 Å². The highest BCUT2D eigenvalue weighted by atomic mass is 16.2. The Hall–Kier alpha value is -1.06. The van der Waals surface area contributed by atoms with E-state index in [-0.39, 0.29) is 17.9 Å². The van der Waals surface area contributed by atoms with Gasteiger partial charge in [0.15, 0.2) is 0 Å². The molecule has 96 valence electrons. The summed E-state index contributed by atoms with van der Waals surface area (Å²) in [7, 11) is 1.77. The van der Waals surface area contributed by atoms with Gasteiger partial charge < -0.3 is 10.2 Å². The summed E-state index contributed by atoms with van der Waals surface area (Å²) in [6.07, 6.45) is 2.82. The third kappa shape index (κ3) is 1.94. The van der Waals surface area contributed by atoms with E-state index in [9.17, 15) is 9.59 Å². The second-order valence-corrected chi connectivity index (χ2v) is 5.97. The number of nitrogens with zero attached hydrogens (tertiary/aromatic N) is 1. The van der Waals surface area contributed by atoms with Crippen LogP contribution >= 0.6 is 0 Å². The minimum atomic E-state index is -0.620. The number of rotatable bonds is 3. The fourth-order valence-corrected chi connectivity index (χ4v) is 2.72. The summed E-state index contributed by atoms with van der Waals surface area (Å²) < 4.78 is 0. The molecule has 1 aliphatic carbocycles. The van der Waals surface area contributed by atoms with Gasteiger partial charge in [0.05, 0.1) is 0 Å². The number of carbonyl (C=O) groups excluding carboxylic acids is 2. The van der Waals surface area contributed by atoms with Crippen LogP contribution in [0.15, 0.2) is 0 Å². The van der Waals surface area contributed by atoms with E-state index < -0.39 is 5.54 Å². The lowest BCUT2D eigenvalue weighted by molar-refractivity contribution is -0.156. The van der Waals surface area contributed by atoms with E-state index >= 15 is 0 Å². The second kappa shape index (κ2) is 4.00. The molecule has 4 nitrogen and oxygen atoms in total. The Kier molecular flexibility index (Phi) is 2.92. The molecular weight excluding hydrogens is 216 g/mol. The third-order valence-electron chi connectivity index (χ3n) is 4.17. The van der Waals surface area contributed by atoms with Gasteiger partial charge in [0, 0.05) is 7.05 Å². The van der Waals surface area contributed by atoms with E-state index in [1.165, 1.54) is 0 Å². The molecule has 0 aromatic rings. The van der Waals surface area contributed by atoms with Crippen molar-refractivity contribution >= 4 is 11.8 Å². The number of carbonyl (C=O) groups is 2. The first-order valence-corrected chi connectivity index (χ1v) is 6.46. The molecule has 4 heteroatoms. The number of hydrogen-bond donors (Lipinski definition) is 1. The van der Waals surface area contributed by atoms with Gasteiger partial charge in [-0.3, -0.25) is 9.59 Å². The SMILES string of the molecule is CC(C)CC1NC(=O)C(C)(C2CC2)N(C)C1=O. The van der Waals surface area contributed by atoms with Gasteiger partial charge >= 0.3 is 0 Å². The summed E-state index contributed by atoms with van der Waals surface area (Å²) in [4.78, 5) is 26.2. The Morgan fingerprint density at radius 2 is 2.00 bits per heavy atom. The van der Waals surface area contributed by atoms with E-state index in [4.69, 9.17) is 0 Å². The lowest BCUT2D eigenvalue weighted by Crippen LogP contribution is -2.69. The number of nitrogens with one attached hydrogen (secondary N) is 1. The molecule has 1 saturated carbocycles. The van der Waals surface area contributed by atoms with Crippen LogP contribution in [0.2, 0.25) is 0 Å². The van der Waals surface area contributed by atoms with Crippen LogP contribution in [-0.2, 0) is 9.59 Å². The normalized spacial score (nSPS) is 34.2. The highest BCUT2D eigenvalue weighted by Crippen LogP contribution is 2.44. The fraction of sp³-hybridized carbons (Fsp3) is 0.846. The molecule has 1 heterocycles. The highest BCUT2D eigenvalue weighted by molar-refractivity contribution is 5.99. The zero-order valence-corrected chi connectivity index (χ0v) is 11.1. The number of hydrogen-bond acceptors (Lipinski definition) is 2. The van der Waals surface area contributed by atoms with Crippen molar-refractivity contribution in [3.05, 3.63) is 0 Å². The predicted molar refractivity (Wildman–Crippen MR) is 65.3 cm³/mol. The number of amides is 2. The second-order valence-electron chi connectivity index (χ2n) is 5.97. The van der Waals surface area contributed by atoms with Crippen LogP contribution < -0.4 is 5.32 Å². The van der Waals surface area contributed by atoms with E-state index in [1.807, 2.05) is 6.92 Å². The summed E-state index contributed by atoms with van der Waals surface area (Å²) in [5.41, 5.74) is -0.620. The molecule has 0 spiro atoms. The molecule has 1 saturated heterocycles.